The Hall–Kier alpha value is -0.0600. The molecule has 5 nitrogen and oxygen atoms in total. The summed E-state index contributed by atoms with van der Waals surface area (Å²) in [5, 5.41) is 5.44. The highest BCUT2D eigenvalue weighted by atomic mass is 31.1. The van der Waals surface area contributed by atoms with E-state index < -0.39 is 8.25 Å². The zero-order valence-corrected chi connectivity index (χ0v) is 20.2. The molecule has 0 bridgehead atoms. The second-order valence-electron chi connectivity index (χ2n) is 10.2. The lowest BCUT2D eigenvalue weighted by molar-refractivity contribution is -0.726. The van der Waals surface area contributed by atoms with Crippen LogP contribution in [0.2, 0.25) is 0 Å². The Bertz CT molecular complexity index is 358. The van der Waals surface area contributed by atoms with Crippen LogP contribution in [0.4, 0.5) is 0 Å². The summed E-state index contributed by atoms with van der Waals surface area (Å²) >= 11 is 0. The highest BCUT2D eigenvalue weighted by Crippen LogP contribution is 2.19. The van der Waals surface area contributed by atoms with Crippen LogP contribution in [0.1, 0.15) is 128 Å². The fraction of sp³-hybridized carbons (Fsp3) is 1.00. The minimum absolute atomic E-state index is 0.997. The molecule has 0 amide bonds. The number of nitrogens with two attached hydrogens (primary N) is 2. The third kappa shape index (κ3) is 12.7. The fourth-order valence-corrected chi connectivity index (χ4v) is 6.08. The first kappa shape index (κ1) is 26.2. The highest BCUT2D eigenvalue weighted by Gasteiger charge is 2.23. The van der Waals surface area contributed by atoms with Gasteiger partial charge in [-0.15, -0.1) is 0 Å². The Balaban J connectivity index is 0.000000182. The van der Waals surface area contributed by atoms with E-state index in [0.29, 0.717) is 0 Å². The molecule has 4 fully saturated rings. The van der Waals surface area contributed by atoms with Crippen LogP contribution in [0, 0.1) is 0 Å². The molecule has 4 aliphatic carbocycles. The topological polar surface area (TPSA) is 96.4 Å². The molecule has 0 aliphatic heterocycles. The normalized spacial score (nSPS) is 24.9. The van der Waals surface area contributed by atoms with Gasteiger partial charge in [0.05, 0.1) is 24.2 Å². The van der Waals surface area contributed by atoms with Gasteiger partial charge in [-0.2, -0.15) is 0 Å². The second kappa shape index (κ2) is 16.6. The standard InChI is InChI=1S/2C12H23N.HO3P/c2*1-3-7-11(8-4-1)13-12-9-5-2-6-10-12;1-4(2)3/h2*11-13H,1-10H2;(H,1,2,3)/p+1. The summed E-state index contributed by atoms with van der Waals surface area (Å²) < 4.78 is 8.48. The summed E-state index contributed by atoms with van der Waals surface area (Å²) in [7, 11) is -3.37. The average Bonchev–Trinajstić information content (AvgIpc) is 2.77. The highest BCUT2D eigenvalue weighted by molar-refractivity contribution is 7.27. The Morgan fingerprint density at radius 2 is 0.600 bits per heavy atom. The monoisotopic (exact) mass is 443 g/mol. The van der Waals surface area contributed by atoms with Crippen molar-refractivity contribution in [2.45, 2.75) is 153 Å². The average molecular weight is 444 g/mol. The van der Waals surface area contributed by atoms with Crippen LogP contribution in [-0.4, -0.2) is 24.2 Å². The molecule has 4 N–H and O–H groups in total. The van der Waals surface area contributed by atoms with Crippen molar-refractivity contribution in [3.63, 3.8) is 0 Å². The summed E-state index contributed by atoms with van der Waals surface area (Å²) in [6.07, 6.45) is 29.9. The van der Waals surface area contributed by atoms with Crippen LogP contribution in [0.25, 0.3) is 0 Å². The van der Waals surface area contributed by atoms with Crippen LogP contribution in [0.3, 0.4) is 0 Å². The van der Waals surface area contributed by atoms with Gasteiger partial charge in [-0.3, -0.25) is 0 Å². The predicted octanol–water partition coefficient (Wildman–Crippen LogP) is 2.79. The molecule has 0 aromatic rings. The molecule has 0 unspecified atom stereocenters. The molecule has 6 heteroatoms. The Labute approximate surface area is 186 Å². The number of hydrogen-bond acceptors (Lipinski definition) is 3. The van der Waals surface area contributed by atoms with Gasteiger partial charge in [-0.05, 0) is 103 Å². The van der Waals surface area contributed by atoms with E-state index in [9.17, 15) is 0 Å². The minimum atomic E-state index is -3.37. The summed E-state index contributed by atoms with van der Waals surface area (Å²) in [5.74, 6) is 0. The SMILES string of the molecule is C1CCC([NH2+]C2CCCCC2)CC1.C1CCC([NH2+]C2CCCCC2)CC1.O=[P+]([O-])[O-]. The van der Waals surface area contributed by atoms with E-state index in [1.165, 1.54) is 128 Å². The van der Waals surface area contributed by atoms with E-state index in [4.69, 9.17) is 14.4 Å². The lowest BCUT2D eigenvalue weighted by atomic mass is 9.91. The van der Waals surface area contributed by atoms with Crippen LogP contribution < -0.4 is 20.4 Å². The van der Waals surface area contributed by atoms with E-state index >= 15 is 0 Å². The zero-order valence-electron chi connectivity index (χ0n) is 19.3. The van der Waals surface area contributed by atoms with Crippen molar-refractivity contribution < 1.29 is 25.0 Å². The molecule has 0 spiro atoms. The van der Waals surface area contributed by atoms with Gasteiger partial charge in [0.15, 0.2) is 0 Å². The van der Waals surface area contributed by atoms with Gasteiger partial charge < -0.3 is 20.4 Å². The van der Waals surface area contributed by atoms with Crippen molar-refractivity contribution in [3.8, 4) is 0 Å². The fourth-order valence-electron chi connectivity index (χ4n) is 6.08. The van der Waals surface area contributed by atoms with Gasteiger partial charge in [0.25, 0.3) is 8.25 Å². The zero-order chi connectivity index (χ0) is 21.4. The van der Waals surface area contributed by atoms with Crippen molar-refractivity contribution in [2.24, 2.45) is 0 Å². The van der Waals surface area contributed by atoms with E-state index in [0.717, 1.165) is 24.2 Å². The smallest absolute Gasteiger partial charge is 0.276 e. The van der Waals surface area contributed by atoms with E-state index in [-0.39, 0.29) is 0 Å². The maximum Gasteiger partial charge on any atom is 0.276 e. The molecule has 4 aliphatic rings. The molecule has 0 atom stereocenters. The van der Waals surface area contributed by atoms with Crippen molar-refractivity contribution >= 4 is 8.25 Å². The lowest BCUT2D eigenvalue weighted by Crippen LogP contribution is -2.95. The molecular formula is C24H48N2O3P+. The van der Waals surface area contributed by atoms with Crippen molar-refractivity contribution in [2.75, 3.05) is 0 Å². The number of hydrogen-bond donors (Lipinski definition) is 2. The van der Waals surface area contributed by atoms with Crippen LogP contribution in [0.5, 0.6) is 0 Å². The third-order valence-corrected chi connectivity index (χ3v) is 7.69. The Kier molecular flexibility index (Phi) is 14.5. The summed E-state index contributed by atoms with van der Waals surface area (Å²) in [5.41, 5.74) is 0. The molecule has 0 radical (unpaired) electrons. The van der Waals surface area contributed by atoms with Crippen molar-refractivity contribution in [1.29, 1.82) is 0 Å². The first-order chi connectivity index (χ1) is 14.6. The maximum absolute atomic E-state index is 8.48. The summed E-state index contributed by atoms with van der Waals surface area (Å²) in [6.45, 7) is 0. The predicted molar refractivity (Wildman–Crippen MR) is 119 cm³/mol. The van der Waals surface area contributed by atoms with Gasteiger partial charge in [0, 0.05) is 0 Å². The molecule has 4 rings (SSSR count). The summed E-state index contributed by atoms with van der Waals surface area (Å²) in [6, 6.07) is 3.99. The number of quaternary nitrogens is 2. The molecular weight excluding hydrogens is 395 g/mol. The largest absolute Gasteiger partial charge is 0.598 e. The molecule has 4 saturated carbocycles. The molecule has 30 heavy (non-hydrogen) atoms. The van der Waals surface area contributed by atoms with Gasteiger partial charge in [0.1, 0.15) is 0 Å². The molecule has 0 aromatic carbocycles. The van der Waals surface area contributed by atoms with Gasteiger partial charge in [-0.1, -0.05) is 30.2 Å². The van der Waals surface area contributed by atoms with Gasteiger partial charge >= 0.3 is 0 Å². The first-order valence-corrected chi connectivity index (χ1v) is 14.2. The Morgan fingerprint density at radius 3 is 0.767 bits per heavy atom. The Morgan fingerprint density at radius 1 is 0.433 bits per heavy atom. The molecule has 0 heterocycles. The third-order valence-electron chi connectivity index (χ3n) is 7.69. The quantitative estimate of drug-likeness (QED) is 0.654. The van der Waals surface area contributed by atoms with Gasteiger partial charge in [-0.25, -0.2) is 0 Å². The van der Waals surface area contributed by atoms with Crippen molar-refractivity contribution in [1.82, 2.24) is 0 Å². The number of rotatable bonds is 4. The van der Waals surface area contributed by atoms with Crippen molar-refractivity contribution in [3.05, 3.63) is 0 Å². The molecule has 176 valence electrons. The van der Waals surface area contributed by atoms with Crippen LogP contribution in [-0.2, 0) is 4.57 Å². The lowest BCUT2D eigenvalue weighted by Gasteiger charge is -2.27. The molecule has 0 saturated heterocycles. The molecule has 0 aromatic heterocycles. The van der Waals surface area contributed by atoms with E-state index in [1.54, 1.807) is 0 Å². The second-order valence-corrected chi connectivity index (χ2v) is 10.6. The van der Waals surface area contributed by atoms with Crippen LogP contribution in [0.15, 0.2) is 0 Å². The van der Waals surface area contributed by atoms with E-state index in [1.807, 2.05) is 0 Å². The minimum Gasteiger partial charge on any atom is -0.598 e. The van der Waals surface area contributed by atoms with E-state index in [2.05, 4.69) is 10.6 Å². The van der Waals surface area contributed by atoms with Crippen LogP contribution >= 0.6 is 8.25 Å². The summed E-state index contributed by atoms with van der Waals surface area (Å²) in [4.78, 5) is 17.0. The first-order valence-electron chi connectivity index (χ1n) is 13.1. The maximum atomic E-state index is 8.48. The van der Waals surface area contributed by atoms with Gasteiger partial charge in [0.2, 0.25) is 0 Å².